The van der Waals surface area contributed by atoms with Gasteiger partial charge in [0.15, 0.2) is 0 Å². The molecule has 0 bridgehead atoms. The largest absolute Gasteiger partial charge is 0.501 e. The van der Waals surface area contributed by atoms with Crippen LogP contribution in [0.25, 0.3) is 0 Å². The first-order chi connectivity index (χ1) is 4.33. The van der Waals surface area contributed by atoms with Crippen LogP contribution >= 0.6 is 0 Å². The summed E-state index contributed by atoms with van der Waals surface area (Å²) in [5, 5.41) is 2.65. The van der Waals surface area contributed by atoms with Crippen LogP contribution in [0.4, 0.5) is 0 Å². The van der Waals surface area contributed by atoms with E-state index in [0.717, 1.165) is 5.76 Å². The maximum absolute atomic E-state index is 10.6. The summed E-state index contributed by atoms with van der Waals surface area (Å²) in [5.41, 5.74) is 0. The summed E-state index contributed by atoms with van der Waals surface area (Å²) < 4.78 is 4.86. The zero-order valence-corrected chi connectivity index (χ0v) is 5.31. The van der Waals surface area contributed by atoms with Gasteiger partial charge in [0, 0.05) is 6.54 Å². The van der Waals surface area contributed by atoms with Gasteiger partial charge in [-0.25, -0.2) is 0 Å². The number of methoxy groups -OCH3 is 1. The second-order valence-electron chi connectivity index (χ2n) is 1.86. The van der Waals surface area contributed by atoms with Gasteiger partial charge in [-0.1, -0.05) is 0 Å². The molecule has 1 aliphatic rings. The molecule has 0 fully saturated rings. The van der Waals surface area contributed by atoms with Gasteiger partial charge in [0.05, 0.1) is 13.5 Å². The van der Waals surface area contributed by atoms with Crippen LogP contribution in [0.5, 0.6) is 0 Å². The van der Waals surface area contributed by atoms with Gasteiger partial charge in [-0.2, -0.15) is 0 Å². The Bertz CT molecular complexity index is 151. The molecule has 0 radical (unpaired) electrons. The molecule has 0 saturated carbocycles. The Labute approximate surface area is 53.7 Å². The molecule has 0 aliphatic carbocycles. The van der Waals surface area contributed by atoms with Crippen LogP contribution in [0.2, 0.25) is 0 Å². The Kier molecular flexibility index (Phi) is 1.72. The van der Waals surface area contributed by atoms with Crippen LogP contribution in [0.15, 0.2) is 11.8 Å². The van der Waals surface area contributed by atoms with E-state index in [0.29, 0.717) is 13.0 Å². The summed E-state index contributed by atoms with van der Waals surface area (Å²) in [6, 6.07) is 0. The molecule has 0 atom stereocenters. The van der Waals surface area contributed by atoms with Crippen LogP contribution in [-0.4, -0.2) is 19.6 Å². The minimum atomic E-state index is 0.0364. The number of rotatable bonds is 1. The average molecular weight is 127 g/mol. The van der Waals surface area contributed by atoms with Crippen molar-refractivity contribution in [3.05, 3.63) is 11.8 Å². The minimum Gasteiger partial charge on any atom is -0.501 e. The van der Waals surface area contributed by atoms with E-state index in [1.54, 1.807) is 7.11 Å². The van der Waals surface area contributed by atoms with Gasteiger partial charge >= 0.3 is 0 Å². The number of carbonyl (C=O) groups is 1. The molecular weight excluding hydrogens is 118 g/mol. The number of amides is 1. The summed E-state index contributed by atoms with van der Waals surface area (Å²) in [4.78, 5) is 10.6. The van der Waals surface area contributed by atoms with E-state index < -0.39 is 0 Å². The van der Waals surface area contributed by atoms with E-state index in [4.69, 9.17) is 4.74 Å². The Morgan fingerprint density at radius 1 is 1.78 bits per heavy atom. The first-order valence-corrected chi connectivity index (χ1v) is 2.82. The zero-order chi connectivity index (χ0) is 6.69. The summed E-state index contributed by atoms with van der Waals surface area (Å²) in [7, 11) is 1.57. The molecule has 0 aromatic rings. The molecule has 1 rings (SSSR count). The second-order valence-corrected chi connectivity index (χ2v) is 1.86. The molecular formula is C6H9NO2. The monoisotopic (exact) mass is 127 g/mol. The van der Waals surface area contributed by atoms with Crippen molar-refractivity contribution in [3.63, 3.8) is 0 Å². The third-order valence-electron chi connectivity index (χ3n) is 1.23. The van der Waals surface area contributed by atoms with Gasteiger partial charge in [-0.05, 0) is 6.08 Å². The van der Waals surface area contributed by atoms with Gasteiger partial charge in [-0.15, -0.1) is 0 Å². The average Bonchev–Trinajstić information content (AvgIpc) is 1.88. The van der Waals surface area contributed by atoms with Crippen molar-refractivity contribution in [2.45, 2.75) is 6.42 Å². The Balaban J connectivity index is 2.53. The molecule has 0 aromatic carbocycles. The van der Waals surface area contributed by atoms with Crippen molar-refractivity contribution < 1.29 is 9.53 Å². The molecule has 3 heteroatoms. The molecule has 50 valence electrons. The highest BCUT2D eigenvalue weighted by molar-refractivity contribution is 5.79. The maximum atomic E-state index is 10.6. The third-order valence-corrected chi connectivity index (χ3v) is 1.23. The smallest absolute Gasteiger partial charge is 0.227 e. The van der Waals surface area contributed by atoms with E-state index in [1.165, 1.54) is 0 Å². The molecule has 9 heavy (non-hydrogen) atoms. The van der Waals surface area contributed by atoms with Crippen LogP contribution in [0.3, 0.4) is 0 Å². The predicted molar refractivity (Wildman–Crippen MR) is 32.7 cm³/mol. The van der Waals surface area contributed by atoms with Gasteiger partial charge in [-0.3, -0.25) is 4.79 Å². The maximum Gasteiger partial charge on any atom is 0.227 e. The minimum absolute atomic E-state index is 0.0364. The van der Waals surface area contributed by atoms with Crippen LogP contribution in [0.1, 0.15) is 6.42 Å². The Hall–Kier alpha value is -0.990. The fourth-order valence-corrected chi connectivity index (χ4v) is 0.727. The van der Waals surface area contributed by atoms with Crippen molar-refractivity contribution in [2.75, 3.05) is 13.7 Å². The van der Waals surface area contributed by atoms with Crippen molar-refractivity contribution in [3.8, 4) is 0 Å². The lowest BCUT2D eigenvalue weighted by Crippen LogP contribution is -2.27. The van der Waals surface area contributed by atoms with Crippen molar-refractivity contribution in [1.29, 1.82) is 0 Å². The highest BCUT2D eigenvalue weighted by Crippen LogP contribution is 2.04. The van der Waals surface area contributed by atoms with Crippen molar-refractivity contribution in [2.24, 2.45) is 0 Å². The number of hydrogen-bond donors (Lipinski definition) is 1. The van der Waals surface area contributed by atoms with Gasteiger partial charge in [0.1, 0.15) is 5.76 Å². The lowest BCUT2D eigenvalue weighted by Gasteiger charge is -2.11. The van der Waals surface area contributed by atoms with E-state index in [1.807, 2.05) is 6.08 Å². The number of ether oxygens (including phenoxy) is 1. The van der Waals surface area contributed by atoms with Crippen molar-refractivity contribution in [1.82, 2.24) is 5.32 Å². The Morgan fingerprint density at radius 2 is 2.56 bits per heavy atom. The molecule has 0 spiro atoms. The summed E-state index contributed by atoms with van der Waals surface area (Å²) >= 11 is 0. The number of hydrogen-bond acceptors (Lipinski definition) is 2. The van der Waals surface area contributed by atoms with Crippen LogP contribution < -0.4 is 5.32 Å². The highest BCUT2D eigenvalue weighted by atomic mass is 16.5. The first kappa shape index (κ1) is 6.13. The lowest BCUT2D eigenvalue weighted by molar-refractivity contribution is -0.121. The van der Waals surface area contributed by atoms with E-state index in [-0.39, 0.29) is 5.91 Å². The third kappa shape index (κ3) is 1.45. The fraction of sp³-hybridized carbons (Fsp3) is 0.500. The van der Waals surface area contributed by atoms with E-state index in [9.17, 15) is 4.79 Å². The molecule has 3 nitrogen and oxygen atoms in total. The fourth-order valence-electron chi connectivity index (χ4n) is 0.727. The second kappa shape index (κ2) is 2.53. The van der Waals surface area contributed by atoms with Crippen molar-refractivity contribution >= 4 is 5.91 Å². The lowest BCUT2D eigenvalue weighted by atomic mass is 10.2. The predicted octanol–water partition coefficient (Wildman–Crippen LogP) is 0.0366. The first-order valence-electron chi connectivity index (χ1n) is 2.82. The molecule has 0 unspecified atom stereocenters. The van der Waals surface area contributed by atoms with Gasteiger partial charge < -0.3 is 10.1 Å². The van der Waals surface area contributed by atoms with Crippen LogP contribution in [0, 0.1) is 0 Å². The number of carbonyl (C=O) groups excluding carboxylic acids is 1. The molecule has 1 N–H and O–H groups in total. The zero-order valence-electron chi connectivity index (χ0n) is 5.31. The van der Waals surface area contributed by atoms with E-state index >= 15 is 0 Å². The molecule has 1 aliphatic heterocycles. The van der Waals surface area contributed by atoms with Gasteiger partial charge in [0.2, 0.25) is 5.91 Å². The summed E-state index contributed by atoms with van der Waals surface area (Å²) in [6.45, 7) is 0.599. The highest BCUT2D eigenvalue weighted by Gasteiger charge is 2.08. The molecule has 0 aromatic heterocycles. The quantitative estimate of drug-likeness (QED) is 0.540. The topological polar surface area (TPSA) is 38.3 Å². The summed E-state index contributed by atoms with van der Waals surface area (Å²) in [5.74, 6) is 0.799. The SMILES string of the molecule is COC1=CCNC(=O)C1. The van der Waals surface area contributed by atoms with E-state index in [2.05, 4.69) is 5.32 Å². The standard InChI is InChI=1S/C6H9NO2/c1-9-5-2-3-7-6(8)4-5/h2H,3-4H2,1H3,(H,7,8). The summed E-state index contributed by atoms with van der Waals surface area (Å²) in [6.07, 6.45) is 2.25. The Morgan fingerprint density at radius 3 is 3.00 bits per heavy atom. The molecule has 0 saturated heterocycles. The van der Waals surface area contributed by atoms with Gasteiger partial charge in [0.25, 0.3) is 0 Å². The van der Waals surface area contributed by atoms with Crippen LogP contribution in [-0.2, 0) is 9.53 Å². The molecule has 1 heterocycles. The number of nitrogens with one attached hydrogen (secondary N) is 1. The normalized spacial score (nSPS) is 18.3. The molecule has 1 amide bonds.